The first-order valence-corrected chi connectivity index (χ1v) is 5.72. The van der Waals surface area contributed by atoms with Crippen LogP contribution in [0.25, 0.3) is 0 Å². The SMILES string of the molecule is CCCC#C/C=C1/C=CC(OC(C)(C)C)O1. The van der Waals surface area contributed by atoms with E-state index in [1.54, 1.807) is 6.08 Å². The number of rotatable bonds is 2. The summed E-state index contributed by atoms with van der Waals surface area (Å²) in [6.45, 7) is 8.13. The van der Waals surface area contributed by atoms with E-state index >= 15 is 0 Å². The molecule has 1 aliphatic rings. The van der Waals surface area contributed by atoms with Gasteiger partial charge in [-0.25, -0.2) is 0 Å². The van der Waals surface area contributed by atoms with Crippen molar-refractivity contribution in [1.29, 1.82) is 0 Å². The van der Waals surface area contributed by atoms with Crippen LogP contribution in [-0.4, -0.2) is 11.9 Å². The summed E-state index contributed by atoms with van der Waals surface area (Å²) in [5, 5.41) is 0. The number of allylic oxidation sites excluding steroid dienone is 2. The molecule has 2 nitrogen and oxygen atoms in total. The van der Waals surface area contributed by atoms with Gasteiger partial charge in [-0.05, 0) is 39.3 Å². The molecule has 0 aliphatic carbocycles. The van der Waals surface area contributed by atoms with Crippen LogP contribution >= 0.6 is 0 Å². The third kappa shape index (κ3) is 5.04. The molecule has 1 heterocycles. The van der Waals surface area contributed by atoms with Gasteiger partial charge in [0.05, 0.1) is 5.60 Å². The van der Waals surface area contributed by atoms with Gasteiger partial charge in [0.25, 0.3) is 0 Å². The second-order valence-electron chi connectivity index (χ2n) is 4.69. The van der Waals surface area contributed by atoms with Gasteiger partial charge in [0.15, 0.2) is 0 Å². The van der Waals surface area contributed by atoms with Gasteiger partial charge < -0.3 is 9.47 Å². The third-order valence-electron chi connectivity index (χ3n) is 1.83. The van der Waals surface area contributed by atoms with E-state index in [1.165, 1.54) is 0 Å². The van der Waals surface area contributed by atoms with Crippen molar-refractivity contribution in [1.82, 2.24) is 0 Å². The van der Waals surface area contributed by atoms with Crippen molar-refractivity contribution in [2.75, 3.05) is 0 Å². The first-order valence-electron chi connectivity index (χ1n) is 5.72. The lowest BCUT2D eigenvalue weighted by atomic mass is 10.2. The summed E-state index contributed by atoms with van der Waals surface area (Å²) in [5.41, 5.74) is -0.196. The van der Waals surface area contributed by atoms with E-state index in [-0.39, 0.29) is 11.9 Å². The van der Waals surface area contributed by atoms with Gasteiger partial charge in [-0.3, -0.25) is 0 Å². The molecule has 1 unspecified atom stereocenters. The highest BCUT2D eigenvalue weighted by molar-refractivity contribution is 5.27. The van der Waals surface area contributed by atoms with Crippen LogP contribution in [0.2, 0.25) is 0 Å². The molecule has 0 saturated heterocycles. The van der Waals surface area contributed by atoms with Crippen molar-refractivity contribution in [2.24, 2.45) is 0 Å². The molecule has 16 heavy (non-hydrogen) atoms. The predicted molar refractivity (Wildman–Crippen MR) is 65.6 cm³/mol. The van der Waals surface area contributed by atoms with Gasteiger partial charge in [-0.15, -0.1) is 0 Å². The molecule has 0 spiro atoms. The lowest BCUT2D eigenvalue weighted by Gasteiger charge is -2.23. The molecule has 88 valence electrons. The molecule has 1 aliphatic heterocycles. The molecule has 0 aromatic heterocycles. The molecule has 1 atom stereocenters. The minimum Gasteiger partial charge on any atom is -0.461 e. The van der Waals surface area contributed by atoms with Gasteiger partial charge in [-0.1, -0.05) is 18.8 Å². The Kier molecular flexibility index (Phi) is 4.64. The molecule has 2 heteroatoms. The molecular formula is C14H20O2. The van der Waals surface area contributed by atoms with E-state index in [0.717, 1.165) is 18.6 Å². The Bertz CT molecular complexity index is 334. The molecule has 0 aromatic rings. The summed E-state index contributed by atoms with van der Waals surface area (Å²) >= 11 is 0. The Labute approximate surface area is 98.3 Å². The molecule has 0 amide bonds. The third-order valence-corrected chi connectivity index (χ3v) is 1.83. The summed E-state index contributed by atoms with van der Waals surface area (Å²) in [4.78, 5) is 0. The van der Waals surface area contributed by atoms with Crippen LogP contribution in [0.15, 0.2) is 24.0 Å². The van der Waals surface area contributed by atoms with Gasteiger partial charge in [0, 0.05) is 12.5 Å². The fourth-order valence-electron chi connectivity index (χ4n) is 1.20. The van der Waals surface area contributed by atoms with E-state index in [9.17, 15) is 0 Å². The van der Waals surface area contributed by atoms with Crippen LogP contribution in [0.5, 0.6) is 0 Å². The van der Waals surface area contributed by atoms with E-state index in [4.69, 9.17) is 9.47 Å². The fourth-order valence-corrected chi connectivity index (χ4v) is 1.20. The van der Waals surface area contributed by atoms with E-state index in [1.807, 2.05) is 32.9 Å². The van der Waals surface area contributed by atoms with E-state index in [0.29, 0.717) is 0 Å². The van der Waals surface area contributed by atoms with Crippen LogP contribution in [0.1, 0.15) is 40.5 Å². The molecule has 0 saturated carbocycles. The summed E-state index contributed by atoms with van der Waals surface area (Å²) in [7, 11) is 0. The highest BCUT2D eigenvalue weighted by Crippen LogP contribution is 2.20. The number of ether oxygens (including phenoxy) is 2. The van der Waals surface area contributed by atoms with Crippen molar-refractivity contribution >= 4 is 0 Å². The van der Waals surface area contributed by atoms with Crippen molar-refractivity contribution < 1.29 is 9.47 Å². The average molecular weight is 220 g/mol. The minimum absolute atomic E-state index is 0.196. The van der Waals surface area contributed by atoms with Crippen LogP contribution in [0, 0.1) is 11.8 Å². The summed E-state index contributed by atoms with van der Waals surface area (Å²) < 4.78 is 11.2. The Hall–Kier alpha value is -1.20. The molecule has 0 fully saturated rings. The maximum absolute atomic E-state index is 5.66. The lowest BCUT2D eigenvalue weighted by molar-refractivity contribution is -0.141. The zero-order valence-electron chi connectivity index (χ0n) is 10.5. The van der Waals surface area contributed by atoms with Crippen molar-refractivity contribution in [3.8, 4) is 11.8 Å². The Balaban J connectivity index is 2.43. The molecular weight excluding hydrogens is 200 g/mol. The molecule has 1 rings (SSSR count). The molecule has 0 aromatic carbocycles. The van der Waals surface area contributed by atoms with Gasteiger partial charge in [-0.2, -0.15) is 0 Å². The number of unbranched alkanes of at least 4 members (excludes halogenated alkanes) is 1. The minimum atomic E-state index is -0.278. The van der Waals surface area contributed by atoms with Crippen LogP contribution in [0.3, 0.4) is 0 Å². The summed E-state index contributed by atoms with van der Waals surface area (Å²) in [6.07, 6.45) is 7.32. The van der Waals surface area contributed by atoms with Crippen LogP contribution in [0.4, 0.5) is 0 Å². The normalized spacial score (nSPS) is 21.8. The smallest absolute Gasteiger partial charge is 0.220 e. The second-order valence-corrected chi connectivity index (χ2v) is 4.69. The fraction of sp³-hybridized carbons (Fsp3) is 0.571. The van der Waals surface area contributed by atoms with Crippen LogP contribution < -0.4 is 0 Å². The van der Waals surface area contributed by atoms with Gasteiger partial charge in [0.2, 0.25) is 6.29 Å². The Morgan fingerprint density at radius 1 is 1.50 bits per heavy atom. The highest BCUT2D eigenvalue weighted by Gasteiger charge is 2.21. The molecule has 0 N–H and O–H groups in total. The largest absolute Gasteiger partial charge is 0.461 e. The average Bonchev–Trinajstić information content (AvgIpc) is 2.58. The maximum atomic E-state index is 5.66. The molecule has 0 bridgehead atoms. The van der Waals surface area contributed by atoms with Crippen molar-refractivity contribution in [2.45, 2.75) is 52.4 Å². The highest BCUT2D eigenvalue weighted by atomic mass is 16.7. The Morgan fingerprint density at radius 3 is 2.88 bits per heavy atom. The van der Waals surface area contributed by atoms with Crippen LogP contribution in [-0.2, 0) is 9.47 Å². The monoisotopic (exact) mass is 220 g/mol. The molecule has 0 radical (unpaired) electrons. The number of hydrogen-bond donors (Lipinski definition) is 0. The maximum Gasteiger partial charge on any atom is 0.220 e. The zero-order valence-corrected chi connectivity index (χ0v) is 10.5. The standard InChI is InChI=1S/C14H20O2/c1-5-6-7-8-9-12-10-11-13(15-12)16-14(2,3)4/h9-11,13H,5-6H2,1-4H3/b12-9-. The Morgan fingerprint density at radius 2 is 2.25 bits per heavy atom. The summed E-state index contributed by atoms with van der Waals surface area (Å²) in [5.74, 6) is 6.79. The second kappa shape index (κ2) is 5.77. The van der Waals surface area contributed by atoms with E-state index < -0.39 is 0 Å². The number of hydrogen-bond acceptors (Lipinski definition) is 2. The lowest BCUT2D eigenvalue weighted by Crippen LogP contribution is -2.26. The van der Waals surface area contributed by atoms with Crippen molar-refractivity contribution in [3.63, 3.8) is 0 Å². The van der Waals surface area contributed by atoms with Gasteiger partial charge >= 0.3 is 0 Å². The quantitative estimate of drug-likeness (QED) is 0.664. The summed E-state index contributed by atoms with van der Waals surface area (Å²) in [6, 6.07) is 0. The topological polar surface area (TPSA) is 18.5 Å². The van der Waals surface area contributed by atoms with Crippen molar-refractivity contribution in [3.05, 3.63) is 24.0 Å². The zero-order chi connectivity index (χ0) is 12.0. The van der Waals surface area contributed by atoms with Gasteiger partial charge in [0.1, 0.15) is 5.76 Å². The first-order chi connectivity index (χ1) is 7.51. The van der Waals surface area contributed by atoms with E-state index in [2.05, 4.69) is 18.8 Å². The predicted octanol–water partition coefficient (Wildman–Crippen LogP) is 3.40. The first kappa shape index (κ1) is 12.9.